The first-order chi connectivity index (χ1) is 12.6. The molecule has 0 bridgehead atoms. The van der Waals surface area contributed by atoms with Crippen molar-refractivity contribution >= 4 is 11.8 Å². The number of ether oxygens (including phenoxy) is 2. The van der Waals surface area contributed by atoms with Crippen molar-refractivity contribution in [3.8, 4) is 11.5 Å². The number of likely N-dealkylation sites (N-methyl/N-ethyl adjacent to an activating group) is 1. The molecule has 1 fully saturated rings. The summed E-state index contributed by atoms with van der Waals surface area (Å²) in [6.07, 6.45) is 0.623. The third-order valence-electron chi connectivity index (χ3n) is 4.21. The molecule has 1 unspecified atom stereocenters. The maximum Gasteiger partial charge on any atom is 0.258 e. The van der Waals surface area contributed by atoms with Crippen molar-refractivity contribution in [2.24, 2.45) is 0 Å². The number of rotatable bonds is 7. The van der Waals surface area contributed by atoms with Gasteiger partial charge < -0.3 is 19.7 Å². The highest BCUT2D eigenvalue weighted by Gasteiger charge is 2.30. The number of para-hydroxylation sites is 2. The topological polar surface area (TPSA) is 67.9 Å². The summed E-state index contributed by atoms with van der Waals surface area (Å²) >= 11 is 0. The Morgan fingerprint density at radius 2 is 1.73 bits per heavy atom. The van der Waals surface area contributed by atoms with Crippen molar-refractivity contribution in [2.75, 3.05) is 20.2 Å². The van der Waals surface area contributed by atoms with Crippen LogP contribution in [-0.2, 0) is 16.2 Å². The number of benzene rings is 2. The number of carbonyl (C=O) groups is 2. The van der Waals surface area contributed by atoms with Gasteiger partial charge in [-0.2, -0.15) is 0 Å². The van der Waals surface area contributed by atoms with Crippen LogP contribution in [0.5, 0.6) is 11.5 Å². The predicted molar refractivity (Wildman–Crippen MR) is 96.9 cm³/mol. The Bertz CT molecular complexity index is 763. The number of nitrogens with zero attached hydrogens (tertiary/aromatic N) is 1. The summed E-state index contributed by atoms with van der Waals surface area (Å²) in [6.45, 7) is 0.899. The molecular formula is C20H22N2O4. The second-order valence-electron chi connectivity index (χ2n) is 6.18. The first-order valence-corrected chi connectivity index (χ1v) is 8.56. The molecule has 0 aromatic heterocycles. The zero-order valence-corrected chi connectivity index (χ0v) is 14.7. The van der Waals surface area contributed by atoms with Gasteiger partial charge in [-0.3, -0.25) is 9.59 Å². The molecule has 3 rings (SSSR count). The average Bonchev–Trinajstić information content (AvgIpc) is 2.98. The number of hydrogen-bond donors (Lipinski definition) is 1. The molecule has 136 valence electrons. The zero-order valence-electron chi connectivity index (χ0n) is 14.7. The minimum absolute atomic E-state index is 0.0649. The molecule has 2 amide bonds. The molecule has 1 aliphatic heterocycles. The molecule has 6 heteroatoms. The summed E-state index contributed by atoms with van der Waals surface area (Å²) < 4.78 is 11.4. The Kier molecular flexibility index (Phi) is 5.73. The van der Waals surface area contributed by atoms with Gasteiger partial charge in [0.1, 0.15) is 12.6 Å². The molecule has 1 heterocycles. The highest BCUT2D eigenvalue weighted by Crippen LogP contribution is 2.27. The van der Waals surface area contributed by atoms with E-state index in [0.29, 0.717) is 31.1 Å². The third-order valence-corrected chi connectivity index (χ3v) is 4.21. The van der Waals surface area contributed by atoms with Gasteiger partial charge in [0.25, 0.3) is 5.91 Å². The molecule has 1 aliphatic rings. The van der Waals surface area contributed by atoms with E-state index in [-0.39, 0.29) is 18.4 Å². The van der Waals surface area contributed by atoms with Crippen molar-refractivity contribution in [2.45, 2.75) is 19.1 Å². The van der Waals surface area contributed by atoms with Crippen LogP contribution in [0.15, 0.2) is 54.6 Å². The molecule has 6 nitrogen and oxygen atoms in total. The molecule has 26 heavy (non-hydrogen) atoms. The van der Waals surface area contributed by atoms with Gasteiger partial charge in [-0.15, -0.1) is 0 Å². The van der Waals surface area contributed by atoms with Crippen LogP contribution in [0.2, 0.25) is 0 Å². The lowest BCUT2D eigenvalue weighted by Crippen LogP contribution is -2.42. The second kappa shape index (κ2) is 8.38. The summed E-state index contributed by atoms with van der Waals surface area (Å²) in [5.74, 6) is 0.677. The molecular weight excluding hydrogens is 332 g/mol. The molecule has 0 saturated carbocycles. The first kappa shape index (κ1) is 17.8. The Morgan fingerprint density at radius 3 is 2.38 bits per heavy atom. The lowest BCUT2D eigenvalue weighted by Gasteiger charge is -2.14. The predicted octanol–water partition coefficient (Wildman–Crippen LogP) is 1.99. The largest absolute Gasteiger partial charge is 0.485 e. The van der Waals surface area contributed by atoms with Gasteiger partial charge in [0.05, 0.1) is 0 Å². The van der Waals surface area contributed by atoms with Crippen molar-refractivity contribution in [1.29, 1.82) is 0 Å². The van der Waals surface area contributed by atoms with Gasteiger partial charge in [-0.05, 0) is 24.1 Å². The van der Waals surface area contributed by atoms with Crippen LogP contribution in [0.4, 0.5) is 0 Å². The third kappa shape index (κ3) is 4.53. The van der Waals surface area contributed by atoms with E-state index in [1.54, 1.807) is 24.1 Å². The van der Waals surface area contributed by atoms with Gasteiger partial charge in [0.2, 0.25) is 5.91 Å². The highest BCUT2D eigenvalue weighted by molar-refractivity contribution is 5.89. The summed E-state index contributed by atoms with van der Waals surface area (Å²) in [6, 6.07) is 16.6. The summed E-state index contributed by atoms with van der Waals surface area (Å²) in [5.41, 5.74) is 1.05. The number of nitrogens with one attached hydrogen (secondary N) is 1. The number of likely N-dealkylation sites (tertiary alicyclic amines) is 1. The summed E-state index contributed by atoms with van der Waals surface area (Å²) in [5, 5.41) is 2.71. The SMILES string of the molecule is CN1CCC(NC(=O)COc2ccccc2OCc2ccccc2)C1=O. The summed E-state index contributed by atoms with van der Waals surface area (Å²) in [7, 11) is 1.73. The lowest BCUT2D eigenvalue weighted by molar-refractivity contribution is -0.132. The van der Waals surface area contributed by atoms with E-state index < -0.39 is 6.04 Å². The lowest BCUT2D eigenvalue weighted by atomic mass is 10.2. The molecule has 1 N–H and O–H groups in total. The standard InChI is InChI=1S/C20H22N2O4/c1-22-12-11-16(20(22)24)21-19(23)14-26-18-10-6-5-9-17(18)25-13-15-7-3-2-4-8-15/h2-10,16H,11-14H2,1H3,(H,21,23). The minimum Gasteiger partial charge on any atom is -0.485 e. The Balaban J connectivity index is 1.53. The minimum atomic E-state index is -0.458. The van der Waals surface area contributed by atoms with Crippen LogP contribution >= 0.6 is 0 Å². The normalized spacial score (nSPS) is 16.4. The van der Waals surface area contributed by atoms with Crippen molar-refractivity contribution in [3.63, 3.8) is 0 Å². The molecule has 0 radical (unpaired) electrons. The van der Waals surface area contributed by atoms with E-state index in [1.807, 2.05) is 42.5 Å². The fourth-order valence-electron chi connectivity index (χ4n) is 2.76. The van der Waals surface area contributed by atoms with Crippen molar-refractivity contribution in [3.05, 3.63) is 60.2 Å². The number of hydrogen-bond acceptors (Lipinski definition) is 4. The van der Waals surface area contributed by atoms with Gasteiger partial charge in [-0.25, -0.2) is 0 Å². The molecule has 2 aromatic carbocycles. The van der Waals surface area contributed by atoms with Crippen molar-refractivity contribution in [1.82, 2.24) is 10.2 Å². The van der Waals surface area contributed by atoms with Crippen molar-refractivity contribution < 1.29 is 19.1 Å². The molecule has 1 saturated heterocycles. The van der Waals surface area contributed by atoms with Gasteiger partial charge in [-0.1, -0.05) is 42.5 Å². The maximum atomic E-state index is 12.1. The number of amides is 2. The maximum absolute atomic E-state index is 12.1. The van der Waals surface area contributed by atoms with Crippen LogP contribution in [0.3, 0.4) is 0 Å². The quantitative estimate of drug-likeness (QED) is 0.826. The molecule has 1 atom stereocenters. The second-order valence-corrected chi connectivity index (χ2v) is 6.18. The smallest absolute Gasteiger partial charge is 0.258 e. The van der Waals surface area contributed by atoms with Crippen LogP contribution in [-0.4, -0.2) is 43.0 Å². The van der Waals surface area contributed by atoms with E-state index in [0.717, 1.165) is 5.56 Å². The van der Waals surface area contributed by atoms with E-state index in [4.69, 9.17) is 9.47 Å². The fourth-order valence-corrected chi connectivity index (χ4v) is 2.76. The fraction of sp³-hybridized carbons (Fsp3) is 0.300. The first-order valence-electron chi connectivity index (χ1n) is 8.56. The zero-order chi connectivity index (χ0) is 18.4. The number of carbonyl (C=O) groups excluding carboxylic acids is 2. The van der Waals surface area contributed by atoms with Crippen LogP contribution in [0.1, 0.15) is 12.0 Å². The molecule has 0 spiro atoms. The van der Waals surface area contributed by atoms with E-state index in [9.17, 15) is 9.59 Å². The van der Waals surface area contributed by atoms with E-state index >= 15 is 0 Å². The van der Waals surface area contributed by atoms with E-state index in [1.165, 1.54) is 0 Å². The molecule has 0 aliphatic carbocycles. The van der Waals surface area contributed by atoms with Gasteiger partial charge >= 0.3 is 0 Å². The van der Waals surface area contributed by atoms with E-state index in [2.05, 4.69) is 5.32 Å². The van der Waals surface area contributed by atoms with Gasteiger partial charge in [0, 0.05) is 13.6 Å². The average molecular weight is 354 g/mol. The Labute approximate surface area is 152 Å². The van der Waals surface area contributed by atoms with Gasteiger partial charge in [0.15, 0.2) is 18.1 Å². The molecule has 2 aromatic rings. The monoisotopic (exact) mass is 354 g/mol. The Morgan fingerprint density at radius 1 is 1.08 bits per heavy atom. The highest BCUT2D eigenvalue weighted by atomic mass is 16.5. The summed E-state index contributed by atoms with van der Waals surface area (Å²) in [4.78, 5) is 25.5. The Hall–Kier alpha value is -3.02. The van der Waals surface area contributed by atoms with Crippen LogP contribution in [0, 0.1) is 0 Å². The van der Waals surface area contributed by atoms with Crippen LogP contribution < -0.4 is 14.8 Å². The van der Waals surface area contributed by atoms with Crippen LogP contribution in [0.25, 0.3) is 0 Å².